The summed E-state index contributed by atoms with van der Waals surface area (Å²) >= 11 is 3.58. The molecule has 2 N–H and O–H groups in total. The first-order valence-electron chi connectivity index (χ1n) is 17.1. The molecule has 0 aliphatic carbocycles. The van der Waals surface area contributed by atoms with Gasteiger partial charge in [-0.25, -0.2) is 0 Å². The summed E-state index contributed by atoms with van der Waals surface area (Å²) in [7, 11) is 0. The van der Waals surface area contributed by atoms with Gasteiger partial charge in [0, 0.05) is 38.5 Å². The molecule has 0 unspecified atom stereocenters. The van der Waals surface area contributed by atoms with Gasteiger partial charge in [0.15, 0.2) is 5.78 Å². The number of nitrogens with zero attached hydrogens (tertiary/aromatic N) is 2. The van der Waals surface area contributed by atoms with Crippen LogP contribution in [0, 0.1) is 31.6 Å². The van der Waals surface area contributed by atoms with Crippen molar-refractivity contribution in [1.82, 2.24) is 9.80 Å². The van der Waals surface area contributed by atoms with E-state index in [2.05, 4.69) is 98.5 Å². The molecule has 6 aliphatic heterocycles. The highest BCUT2D eigenvalue weighted by molar-refractivity contribution is 7.17. The second-order valence-corrected chi connectivity index (χ2v) is 16.7. The minimum absolute atomic E-state index is 0. The predicted molar refractivity (Wildman–Crippen MR) is 203 cm³/mol. The zero-order valence-electron chi connectivity index (χ0n) is 29.3. The predicted octanol–water partition coefficient (Wildman–Crippen LogP) is 8.77. The van der Waals surface area contributed by atoms with Gasteiger partial charge < -0.3 is 5.73 Å². The van der Waals surface area contributed by atoms with E-state index < -0.39 is 0 Å². The SMILES string of the molecule is CC1(C)[C@H](N)C2CCN1CC2.Cc1csc2ccc(C(=O)C[C@@H]3C4CCN(CC4)C3(C)C)cc12.Cc1csc2ccccc12.Cl.O=C=O. The van der Waals surface area contributed by atoms with Crippen LogP contribution in [0.25, 0.3) is 20.2 Å². The van der Waals surface area contributed by atoms with Gasteiger partial charge in [-0.05, 0) is 168 Å². The quantitative estimate of drug-likeness (QED) is 0.214. The highest BCUT2D eigenvalue weighted by Crippen LogP contribution is 2.46. The van der Waals surface area contributed by atoms with Crippen molar-refractivity contribution in [3.8, 4) is 0 Å². The van der Waals surface area contributed by atoms with E-state index in [1.807, 2.05) is 17.4 Å². The van der Waals surface area contributed by atoms with Gasteiger partial charge in [-0.2, -0.15) is 9.59 Å². The highest BCUT2D eigenvalue weighted by Gasteiger charge is 2.48. The van der Waals surface area contributed by atoms with Crippen molar-refractivity contribution in [2.45, 2.75) is 90.8 Å². The number of halogens is 1. The summed E-state index contributed by atoms with van der Waals surface area (Å²) in [5.74, 6) is 2.35. The molecule has 9 heteroatoms. The molecule has 6 saturated heterocycles. The Morgan fingerprint density at radius 3 is 1.79 bits per heavy atom. The third kappa shape index (κ3) is 7.97. The molecular weight excluding hydrogens is 658 g/mol. The van der Waals surface area contributed by atoms with Crippen molar-refractivity contribution >= 4 is 67.2 Å². The lowest BCUT2D eigenvalue weighted by Crippen LogP contribution is -2.67. The monoisotopic (exact) mass is 709 g/mol. The zero-order valence-corrected chi connectivity index (χ0v) is 31.7. The summed E-state index contributed by atoms with van der Waals surface area (Å²) in [6.45, 7) is 18.5. The molecular formula is C39H52ClN3O3S2. The Bertz CT molecular complexity index is 1700. The summed E-state index contributed by atoms with van der Waals surface area (Å²) < 4.78 is 2.67. The largest absolute Gasteiger partial charge is 0.373 e. The van der Waals surface area contributed by atoms with Crippen molar-refractivity contribution in [3.05, 3.63) is 69.9 Å². The van der Waals surface area contributed by atoms with Crippen LogP contribution in [0.4, 0.5) is 0 Å². The van der Waals surface area contributed by atoms with Gasteiger partial charge >= 0.3 is 6.15 Å². The number of carbonyl (C=O) groups is 1. The number of hydrogen-bond donors (Lipinski definition) is 1. The molecule has 4 bridgehead atoms. The van der Waals surface area contributed by atoms with Gasteiger partial charge in [-0.3, -0.25) is 14.6 Å². The van der Waals surface area contributed by atoms with Gasteiger partial charge in [0.05, 0.1) is 0 Å². The molecule has 6 fully saturated rings. The van der Waals surface area contributed by atoms with Gasteiger partial charge in [0.1, 0.15) is 0 Å². The van der Waals surface area contributed by atoms with Crippen LogP contribution in [0.15, 0.2) is 53.2 Å². The fourth-order valence-corrected chi connectivity index (χ4v) is 10.4. The molecule has 2 aromatic carbocycles. The van der Waals surface area contributed by atoms with Crippen molar-refractivity contribution in [3.63, 3.8) is 0 Å². The molecule has 0 saturated carbocycles. The van der Waals surface area contributed by atoms with Crippen molar-refractivity contribution in [2.24, 2.45) is 23.5 Å². The summed E-state index contributed by atoms with van der Waals surface area (Å²) in [5.41, 5.74) is 10.2. The molecule has 0 spiro atoms. The average molecular weight is 710 g/mol. The first-order valence-corrected chi connectivity index (χ1v) is 18.8. The molecule has 2 atom stereocenters. The van der Waals surface area contributed by atoms with Crippen LogP contribution in [0.2, 0.25) is 0 Å². The normalized spacial score (nSPS) is 27.2. The number of hydrogen-bond acceptors (Lipinski definition) is 8. The standard InChI is InChI=1S/C20H25NOS.C9H18N2.C9H8S.CO2.ClH/c1-13-12-23-19-5-4-15(10-16(13)19)18(22)11-17-14-6-8-21(9-7-14)20(17,2)3;1-9(2)8(10)7-3-5-11(9)6-4-7;1-7-6-10-9-5-3-2-4-8(7)9;2-1-3;/h4-5,10,12,14,17H,6-9,11H2,1-3H3;7-8H,3-6,10H2,1-2H3;2-6H,1H3;;1H/t17-;8-;;;/m11.../s1. The molecule has 8 heterocycles. The molecule has 260 valence electrons. The van der Waals surface area contributed by atoms with Crippen LogP contribution in [0.3, 0.4) is 0 Å². The number of thiophene rings is 2. The van der Waals surface area contributed by atoms with E-state index in [1.54, 1.807) is 11.3 Å². The number of fused-ring (bicyclic) bond motifs is 8. The van der Waals surface area contributed by atoms with Gasteiger partial charge in [-0.1, -0.05) is 18.2 Å². The lowest BCUT2D eigenvalue weighted by Gasteiger charge is -2.56. The third-order valence-corrected chi connectivity index (χ3v) is 13.8. The maximum atomic E-state index is 12.9. The maximum absolute atomic E-state index is 12.9. The fraction of sp³-hybridized carbons (Fsp3) is 0.538. The lowest BCUT2D eigenvalue weighted by molar-refractivity contribution is -0.191. The molecule has 6 nitrogen and oxygen atoms in total. The van der Waals surface area contributed by atoms with Crippen molar-refractivity contribution < 1.29 is 14.4 Å². The van der Waals surface area contributed by atoms with E-state index in [9.17, 15) is 4.79 Å². The smallest absolute Gasteiger partial charge is 0.326 e. The molecule has 6 aliphatic rings. The van der Waals surface area contributed by atoms with Gasteiger partial charge in [0.2, 0.25) is 0 Å². The van der Waals surface area contributed by atoms with Gasteiger partial charge in [0.25, 0.3) is 0 Å². The van der Waals surface area contributed by atoms with E-state index in [-0.39, 0.29) is 29.6 Å². The minimum Gasteiger partial charge on any atom is -0.326 e. The Balaban J connectivity index is 0.000000173. The number of Topliss-reactive ketones (excluding diaryl/α,β-unsaturated/α-hetero) is 1. The van der Waals surface area contributed by atoms with E-state index in [4.69, 9.17) is 15.3 Å². The number of piperidine rings is 6. The van der Waals surface area contributed by atoms with Gasteiger partial charge in [-0.15, -0.1) is 35.1 Å². The Kier molecular flexibility index (Phi) is 12.9. The third-order valence-electron chi connectivity index (χ3n) is 11.7. The zero-order chi connectivity index (χ0) is 33.9. The second-order valence-electron chi connectivity index (χ2n) is 14.8. The Labute approximate surface area is 300 Å². The van der Waals surface area contributed by atoms with Crippen LogP contribution in [0.5, 0.6) is 0 Å². The highest BCUT2D eigenvalue weighted by atomic mass is 35.5. The number of benzene rings is 2. The summed E-state index contributed by atoms with van der Waals surface area (Å²) in [5, 5.41) is 7.02. The number of nitrogens with two attached hydrogens (primary N) is 1. The van der Waals surface area contributed by atoms with Crippen LogP contribution in [-0.2, 0) is 9.59 Å². The molecule has 4 aromatic rings. The molecule has 0 amide bonds. The fourth-order valence-electron chi connectivity index (χ4n) is 8.49. The summed E-state index contributed by atoms with van der Waals surface area (Å²) in [4.78, 5) is 34.3. The number of ketones is 1. The van der Waals surface area contributed by atoms with E-state index >= 15 is 0 Å². The van der Waals surface area contributed by atoms with Crippen LogP contribution < -0.4 is 5.73 Å². The topological polar surface area (TPSA) is 83.7 Å². The van der Waals surface area contributed by atoms with E-state index in [1.165, 1.54) is 83.2 Å². The Morgan fingerprint density at radius 2 is 1.29 bits per heavy atom. The first-order chi connectivity index (χ1) is 22.4. The van der Waals surface area contributed by atoms with Crippen molar-refractivity contribution in [2.75, 3.05) is 26.2 Å². The molecule has 0 radical (unpaired) electrons. The minimum atomic E-state index is 0. The molecule has 48 heavy (non-hydrogen) atoms. The van der Waals surface area contributed by atoms with Crippen LogP contribution >= 0.6 is 35.1 Å². The summed E-state index contributed by atoms with van der Waals surface area (Å²) in [6.07, 6.45) is 6.13. The second kappa shape index (κ2) is 16.1. The summed E-state index contributed by atoms with van der Waals surface area (Å²) in [6, 6.07) is 15.1. The van der Waals surface area contributed by atoms with E-state index in [0.717, 1.165) is 17.4 Å². The first kappa shape index (κ1) is 38.4. The van der Waals surface area contributed by atoms with E-state index in [0.29, 0.717) is 24.2 Å². The maximum Gasteiger partial charge on any atom is 0.373 e. The molecule has 10 rings (SSSR count). The van der Waals surface area contributed by atoms with Crippen molar-refractivity contribution in [1.29, 1.82) is 0 Å². The number of rotatable bonds is 3. The molecule has 2 aromatic heterocycles. The Hall–Kier alpha value is -2.42. The number of carbonyl (C=O) groups excluding carboxylic acids is 3. The van der Waals surface area contributed by atoms with Crippen LogP contribution in [0.1, 0.15) is 81.3 Å². The average Bonchev–Trinajstić information content (AvgIpc) is 3.64. The Morgan fingerprint density at radius 1 is 0.792 bits per heavy atom. The lowest BCUT2D eigenvalue weighted by atomic mass is 9.65. The van der Waals surface area contributed by atoms with Crippen LogP contribution in [-0.4, -0.2) is 65.0 Å². The number of aryl methyl sites for hydroxylation is 2.